The van der Waals surface area contributed by atoms with Crippen molar-refractivity contribution in [2.75, 3.05) is 5.32 Å². The number of carbonyl (C=O) groups is 2. The Morgan fingerprint density at radius 3 is 2.20 bits per heavy atom. The number of nitrogens with zero attached hydrogens (tertiary/aromatic N) is 1. The van der Waals surface area contributed by atoms with E-state index in [9.17, 15) is 24.8 Å². The highest BCUT2D eigenvalue weighted by atomic mass is 16.6. The number of nitrogens with one attached hydrogen (secondary N) is 1. The first-order valence-electron chi connectivity index (χ1n) is 8.75. The van der Waals surface area contributed by atoms with Gasteiger partial charge in [0.25, 0.3) is 5.69 Å². The van der Waals surface area contributed by atoms with Crippen molar-refractivity contribution < 1.29 is 19.6 Å². The fourth-order valence-electron chi connectivity index (χ4n) is 2.52. The van der Waals surface area contributed by atoms with Crippen molar-refractivity contribution in [3.8, 4) is 5.75 Å². The van der Waals surface area contributed by atoms with E-state index in [2.05, 4.69) is 5.32 Å². The molecule has 0 fully saturated rings. The van der Waals surface area contributed by atoms with Crippen molar-refractivity contribution in [3.63, 3.8) is 0 Å². The topological polar surface area (TPSA) is 162 Å². The van der Waals surface area contributed by atoms with Crippen LogP contribution < -0.4 is 16.8 Å². The lowest BCUT2D eigenvalue weighted by atomic mass is 10.0. The average molecular weight is 408 g/mol. The third-order valence-corrected chi connectivity index (χ3v) is 3.97. The van der Waals surface area contributed by atoms with E-state index in [0.717, 1.165) is 11.6 Å². The Morgan fingerprint density at radius 2 is 1.63 bits per heavy atom. The highest BCUT2D eigenvalue weighted by Gasteiger charge is 2.16. The normalized spacial score (nSPS) is 9.77. The summed E-state index contributed by atoms with van der Waals surface area (Å²) < 4.78 is 0. The number of benzene rings is 3. The molecule has 2 amide bonds. The Kier molecular flexibility index (Phi) is 7.60. The average Bonchev–Trinajstić information content (AvgIpc) is 2.74. The maximum absolute atomic E-state index is 12.0. The molecule has 154 valence electrons. The second-order valence-corrected chi connectivity index (χ2v) is 6.00. The second-order valence-electron chi connectivity index (χ2n) is 6.00. The number of amides is 2. The Balaban J connectivity index is 0.000000232. The summed E-state index contributed by atoms with van der Waals surface area (Å²) in [6, 6.07) is 18.5. The lowest BCUT2D eigenvalue weighted by Gasteiger charge is -2.06. The van der Waals surface area contributed by atoms with Crippen molar-refractivity contribution in [1.82, 2.24) is 0 Å². The molecule has 0 unspecified atom stereocenters. The molecule has 30 heavy (non-hydrogen) atoms. The molecule has 0 aliphatic carbocycles. The first-order chi connectivity index (χ1) is 14.3. The number of non-ortho nitro benzene ring substituents is 1. The van der Waals surface area contributed by atoms with E-state index in [1.165, 1.54) is 12.1 Å². The summed E-state index contributed by atoms with van der Waals surface area (Å²) in [5.74, 6) is -0.763. The third kappa shape index (κ3) is 5.88. The Labute approximate surface area is 172 Å². The van der Waals surface area contributed by atoms with E-state index in [0.29, 0.717) is 17.8 Å². The van der Waals surface area contributed by atoms with Crippen LogP contribution in [0.25, 0.3) is 0 Å². The van der Waals surface area contributed by atoms with Gasteiger partial charge in [-0.15, -0.1) is 0 Å². The molecule has 0 saturated heterocycles. The molecule has 6 N–H and O–H groups in total. The van der Waals surface area contributed by atoms with Crippen molar-refractivity contribution in [2.24, 2.45) is 11.5 Å². The first-order valence-corrected chi connectivity index (χ1v) is 8.75. The van der Waals surface area contributed by atoms with Gasteiger partial charge < -0.3 is 21.9 Å². The quantitative estimate of drug-likeness (QED) is 0.288. The lowest BCUT2D eigenvalue weighted by Crippen LogP contribution is -2.20. The Morgan fingerprint density at radius 1 is 1.00 bits per heavy atom. The zero-order valence-electron chi connectivity index (χ0n) is 15.8. The number of nitro groups is 1. The summed E-state index contributed by atoms with van der Waals surface area (Å²) in [4.78, 5) is 32.4. The smallest absolute Gasteiger partial charge is 0.316 e. The molecule has 0 spiro atoms. The number of primary amides is 1. The van der Waals surface area contributed by atoms with Gasteiger partial charge in [-0.3, -0.25) is 14.9 Å². The number of phenols is 1. The van der Waals surface area contributed by atoms with Gasteiger partial charge in [0.05, 0.1) is 16.6 Å². The summed E-state index contributed by atoms with van der Waals surface area (Å²) in [5.41, 5.74) is 12.2. The van der Waals surface area contributed by atoms with E-state index >= 15 is 0 Å². The minimum Gasteiger partial charge on any atom is -0.507 e. The molecule has 0 bridgehead atoms. The highest BCUT2D eigenvalue weighted by Crippen LogP contribution is 2.25. The van der Waals surface area contributed by atoms with Crippen LogP contribution in [0.4, 0.5) is 16.2 Å². The number of hydrogen-bond donors (Lipinski definition) is 4. The van der Waals surface area contributed by atoms with Gasteiger partial charge in [-0.25, -0.2) is 4.79 Å². The van der Waals surface area contributed by atoms with E-state index in [4.69, 9.17) is 11.5 Å². The Bertz CT molecular complexity index is 1050. The lowest BCUT2D eigenvalue weighted by molar-refractivity contribution is -0.384. The van der Waals surface area contributed by atoms with Crippen LogP contribution >= 0.6 is 0 Å². The molecule has 0 radical (unpaired) electrons. The van der Waals surface area contributed by atoms with Crippen molar-refractivity contribution in [1.29, 1.82) is 0 Å². The molecule has 3 aromatic rings. The molecular formula is C21H20N4O5. The number of ketones is 1. The van der Waals surface area contributed by atoms with Gasteiger partial charge in [-0.05, 0) is 17.7 Å². The molecule has 3 aromatic carbocycles. The fraction of sp³-hybridized carbons (Fsp3) is 0.0476. The van der Waals surface area contributed by atoms with E-state index in [-0.39, 0.29) is 17.0 Å². The monoisotopic (exact) mass is 408 g/mol. The summed E-state index contributed by atoms with van der Waals surface area (Å²) in [7, 11) is 0. The zero-order chi connectivity index (χ0) is 22.1. The SMILES string of the molecule is NCc1ccccc1NC(N)=O.O=C(c1ccccc1)c1ccc([N+](=O)[O-])cc1O. The predicted molar refractivity (Wildman–Crippen MR) is 112 cm³/mol. The summed E-state index contributed by atoms with van der Waals surface area (Å²) in [5, 5.41) is 22.6. The van der Waals surface area contributed by atoms with E-state index in [1.807, 2.05) is 18.2 Å². The molecule has 0 aliphatic heterocycles. The number of carbonyl (C=O) groups excluding carboxylic acids is 2. The number of nitrogens with two attached hydrogens (primary N) is 2. The van der Waals surface area contributed by atoms with Gasteiger partial charge in [0, 0.05) is 23.9 Å². The van der Waals surface area contributed by atoms with Gasteiger partial charge >= 0.3 is 6.03 Å². The van der Waals surface area contributed by atoms with Crippen LogP contribution in [0.15, 0.2) is 72.8 Å². The van der Waals surface area contributed by atoms with Crippen LogP contribution in [-0.4, -0.2) is 21.8 Å². The van der Waals surface area contributed by atoms with Crippen LogP contribution in [0.5, 0.6) is 5.75 Å². The number of hydrogen-bond acceptors (Lipinski definition) is 6. The number of nitro benzene ring substituents is 1. The maximum Gasteiger partial charge on any atom is 0.316 e. The second kappa shape index (κ2) is 10.3. The van der Waals surface area contributed by atoms with E-state index < -0.39 is 16.7 Å². The third-order valence-electron chi connectivity index (χ3n) is 3.97. The van der Waals surface area contributed by atoms with Gasteiger partial charge in [-0.1, -0.05) is 48.5 Å². The molecule has 0 aromatic heterocycles. The number of phenolic OH excluding ortho intramolecular Hbond substituents is 1. The molecule has 0 heterocycles. The van der Waals surface area contributed by atoms with Crippen LogP contribution in [-0.2, 0) is 6.54 Å². The van der Waals surface area contributed by atoms with Crippen molar-refractivity contribution >= 4 is 23.2 Å². The number of aromatic hydroxyl groups is 1. The predicted octanol–water partition coefficient (Wildman–Crippen LogP) is 3.17. The molecular weight excluding hydrogens is 388 g/mol. The molecule has 9 heteroatoms. The standard InChI is InChI=1S/C13H9NO4.C8H11N3O/c15-12-8-10(14(17)18)6-7-11(12)13(16)9-4-2-1-3-5-9;9-5-6-3-1-2-4-7(6)11-8(10)12/h1-8,15H;1-4H,5,9H2,(H3,10,11,12). The fourth-order valence-corrected chi connectivity index (χ4v) is 2.52. The zero-order valence-corrected chi connectivity index (χ0v) is 15.8. The summed E-state index contributed by atoms with van der Waals surface area (Å²) >= 11 is 0. The van der Waals surface area contributed by atoms with E-state index in [1.54, 1.807) is 36.4 Å². The number of para-hydroxylation sites is 1. The van der Waals surface area contributed by atoms with Gasteiger partial charge in [-0.2, -0.15) is 0 Å². The van der Waals surface area contributed by atoms with Gasteiger partial charge in [0.2, 0.25) is 0 Å². The molecule has 0 atom stereocenters. The molecule has 0 saturated carbocycles. The highest BCUT2D eigenvalue weighted by molar-refractivity contribution is 6.10. The minimum atomic E-state index is -0.628. The largest absolute Gasteiger partial charge is 0.507 e. The Hall–Kier alpha value is -4.24. The van der Waals surface area contributed by atoms with Crippen LogP contribution in [0.1, 0.15) is 21.5 Å². The minimum absolute atomic E-state index is 0.0480. The molecule has 9 nitrogen and oxygen atoms in total. The number of urea groups is 1. The summed E-state index contributed by atoms with van der Waals surface area (Å²) in [6.45, 7) is 0.385. The van der Waals surface area contributed by atoms with Crippen molar-refractivity contribution in [2.45, 2.75) is 6.54 Å². The number of rotatable bonds is 5. The van der Waals surface area contributed by atoms with Crippen LogP contribution in [0.3, 0.4) is 0 Å². The summed E-state index contributed by atoms with van der Waals surface area (Å²) in [6.07, 6.45) is 0. The van der Waals surface area contributed by atoms with Crippen LogP contribution in [0.2, 0.25) is 0 Å². The molecule has 0 aliphatic rings. The number of anilines is 1. The van der Waals surface area contributed by atoms with Gasteiger partial charge in [0.1, 0.15) is 5.75 Å². The maximum atomic E-state index is 12.0. The van der Waals surface area contributed by atoms with Gasteiger partial charge in [0.15, 0.2) is 5.78 Å². The van der Waals surface area contributed by atoms with Crippen LogP contribution in [0, 0.1) is 10.1 Å². The van der Waals surface area contributed by atoms with Crippen molar-refractivity contribution in [3.05, 3.63) is 99.6 Å². The molecule has 3 rings (SSSR count). The first kappa shape index (κ1) is 22.1.